The Bertz CT molecular complexity index is 1440. The molecule has 174 valence electrons. The molecule has 0 aliphatic rings. The van der Waals surface area contributed by atoms with Crippen LogP contribution in [0, 0.1) is 0 Å². The average Bonchev–Trinajstić information content (AvgIpc) is 3.33. The van der Waals surface area contributed by atoms with Crippen molar-refractivity contribution in [3.63, 3.8) is 0 Å². The van der Waals surface area contributed by atoms with Gasteiger partial charge >= 0.3 is 5.76 Å². The fourth-order valence-electron chi connectivity index (χ4n) is 3.53. The van der Waals surface area contributed by atoms with E-state index < -0.39 is 15.8 Å². The molecule has 0 bridgehead atoms. The normalized spacial score (nSPS) is 12.1. The van der Waals surface area contributed by atoms with Gasteiger partial charge in [0, 0.05) is 31.0 Å². The van der Waals surface area contributed by atoms with Crippen LogP contribution in [0.15, 0.2) is 67.8 Å². The first-order chi connectivity index (χ1) is 15.9. The highest BCUT2D eigenvalue weighted by atomic mass is 32.2. The largest absolute Gasteiger partial charge is 0.419 e. The minimum absolute atomic E-state index is 0.173. The summed E-state index contributed by atoms with van der Waals surface area (Å²) >= 11 is 1.34. The maximum absolute atomic E-state index is 12.9. The number of aromatic nitrogens is 4. The summed E-state index contributed by atoms with van der Waals surface area (Å²) in [6.07, 6.45) is 0. The molecule has 0 aliphatic carbocycles. The van der Waals surface area contributed by atoms with Gasteiger partial charge in [0.1, 0.15) is 0 Å². The van der Waals surface area contributed by atoms with Crippen LogP contribution < -0.4 is 11.6 Å². The van der Waals surface area contributed by atoms with Crippen molar-refractivity contribution in [1.82, 2.24) is 23.7 Å². The second-order valence-electron chi connectivity index (χ2n) is 7.13. The molecule has 0 atom stereocenters. The van der Waals surface area contributed by atoms with Crippen LogP contribution in [0.25, 0.3) is 22.5 Å². The lowest BCUT2D eigenvalue weighted by atomic mass is 10.2. The van der Waals surface area contributed by atoms with Crippen LogP contribution in [-0.2, 0) is 16.6 Å². The number of thioether (sulfide) groups is 1. The molecule has 4 rings (SSSR count). The minimum atomic E-state index is -3.61. The van der Waals surface area contributed by atoms with Gasteiger partial charge in [-0.1, -0.05) is 49.9 Å². The second-order valence-corrected chi connectivity index (χ2v) is 10.1. The summed E-state index contributed by atoms with van der Waals surface area (Å²) in [6.45, 7) is 4.76. The lowest BCUT2D eigenvalue weighted by molar-refractivity contribution is 0.445. The number of rotatable bonds is 9. The number of fused-ring (bicyclic) bond motifs is 1. The van der Waals surface area contributed by atoms with E-state index in [1.165, 1.54) is 20.7 Å². The number of hydrogen-bond acceptors (Lipinski definition) is 8. The average molecular weight is 489 g/mol. The van der Waals surface area contributed by atoms with Crippen molar-refractivity contribution in [2.24, 2.45) is 0 Å². The third-order valence-corrected chi connectivity index (χ3v) is 8.19. The predicted molar refractivity (Wildman–Crippen MR) is 127 cm³/mol. The Morgan fingerprint density at radius 2 is 1.85 bits per heavy atom. The third kappa shape index (κ3) is 4.41. The van der Waals surface area contributed by atoms with Crippen molar-refractivity contribution in [3.8, 4) is 11.4 Å². The van der Waals surface area contributed by atoms with E-state index in [1.807, 2.05) is 18.2 Å². The molecule has 10 nitrogen and oxygen atoms in total. The molecule has 0 spiro atoms. The number of nitrogen functional groups attached to an aromatic ring is 1. The molecule has 2 aromatic heterocycles. The summed E-state index contributed by atoms with van der Waals surface area (Å²) in [5.41, 5.74) is 1.81. The third-order valence-electron chi connectivity index (χ3n) is 5.22. The standard InChI is InChI=1S/C21H24N6O4S2/c1-3-25(4-2)33(29,30)16-9-7-8-15(14-16)19-23-24-20(27(19)22)32-13-12-26-17-10-5-6-11-18(17)31-21(26)28/h5-11,14H,3-4,12-13,22H2,1-2H3. The molecule has 0 amide bonds. The highest BCUT2D eigenvalue weighted by Crippen LogP contribution is 2.25. The van der Waals surface area contributed by atoms with Crippen molar-refractivity contribution < 1.29 is 12.8 Å². The fourth-order valence-corrected chi connectivity index (χ4v) is 5.82. The van der Waals surface area contributed by atoms with Crippen LogP contribution in [0.1, 0.15) is 13.8 Å². The molecule has 4 aromatic rings. The highest BCUT2D eigenvalue weighted by Gasteiger charge is 2.23. The molecule has 0 unspecified atom stereocenters. The Morgan fingerprint density at radius 3 is 2.61 bits per heavy atom. The van der Waals surface area contributed by atoms with Gasteiger partial charge in [-0.15, -0.1) is 10.2 Å². The van der Waals surface area contributed by atoms with E-state index in [-0.39, 0.29) is 4.90 Å². The Kier molecular flexibility index (Phi) is 6.58. The van der Waals surface area contributed by atoms with Gasteiger partial charge in [0.15, 0.2) is 11.4 Å². The van der Waals surface area contributed by atoms with E-state index >= 15 is 0 Å². The molecule has 33 heavy (non-hydrogen) atoms. The monoisotopic (exact) mass is 488 g/mol. The van der Waals surface area contributed by atoms with Gasteiger partial charge in [-0.2, -0.15) is 4.31 Å². The Labute approximate surface area is 195 Å². The number of oxazole rings is 1. The van der Waals surface area contributed by atoms with Crippen molar-refractivity contribution in [1.29, 1.82) is 0 Å². The molecular weight excluding hydrogens is 464 g/mol. The number of aryl methyl sites for hydroxylation is 1. The highest BCUT2D eigenvalue weighted by molar-refractivity contribution is 7.99. The summed E-state index contributed by atoms with van der Waals surface area (Å²) in [6, 6.07) is 13.7. The van der Waals surface area contributed by atoms with E-state index in [2.05, 4.69) is 10.2 Å². The zero-order valence-electron chi connectivity index (χ0n) is 18.2. The lowest BCUT2D eigenvalue weighted by Gasteiger charge is -2.18. The molecule has 2 heterocycles. The minimum Gasteiger partial charge on any atom is -0.408 e. The maximum Gasteiger partial charge on any atom is 0.419 e. The van der Waals surface area contributed by atoms with Crippen LogP contribution in [0.4, 0.5) is 0 Å². The van der Waals surface area contributed by atoms with Crippen LogP contribution >= 0.6 is 11.8 Å². The summed E-state index contributed by atoms with van der Waals surface area (Å²) in [4.78, 5) is 12.3. The molecule has 0 radical (unpaired) electrons. The molecule has 0 saturated heterocycles. The summed E-state index contributed by atoms with van der Waals surface area (Å²) in [5.74, 6) is 6.65. The fraction of sp³-hybridized carbons (Fsp3) is 0.286. The van der Waals surface area contributed by atoms with Gasteiger partial charge < -0.3 is 10.3 Å². The molecule has 0 saturated carbocycles. The number of para-hydroxylation sites is 2. The smallest absolute Gasteiger partial charge is 0.408 e. The number of benzene rings is 2. The topological polar surface area (TPSA) is 129 Å². The van der Waals surface area contributed by atoms with Gasteiger partial charge in [-0.05, 0) is 24.3 Å². The first-order valence-electron chi connectivity index (χ1n) is 10.4. The number of hydrogen-bond donors (Lipinski definition) is 1. The molecule has 0 aliphatic heterocycles. The Balaban J connectivity index is 1.52. The predicted octanol–water partition coefficient (Wildman–Crippen LogP) is 2.39. The van der Waals surface area contributed by atoms with Crippen LogP contribution in [-0.4, -0.2) is 51.0 Å². The molecule has 2 aromatic carbocycles. The SMILES string of the molecule is CCN(CC)S(=O)(=O)c1cccc(-c2nnc(SCCn3c(=O)oc4ccccc43)n2N)c1. The molecule has 0 fully saturated rings. The molecule has 2 N–H and O–H groups in total. The van der Waals surface area contributed by atoms with Crippen LogP contribution in [0.2, 0.25) is 0 Å². The van der Waals surface area contributed by atoms with Crippen molar-refractivity contribution in [2.45, 2.75) is 30.4 Å². The number of sulfonamides is 1. The lowest BCUT2D eigenvalue weighted by Crippen LogP contribution is -2.30. The van der Waals surface area contributed by atoms with Crippen LogP contribution in [0.3, 0.4) is 0 Å². The Morgan fingerprint density at radius 1 is 1.09 bits per heavy atom. The summed E-state index contributed by atoms with van der Waals surface area (Å²) in [7, 11) is -3.61. The van der Waals surface area contributed by atoms with E-state index in [0.29, 0.717) is 47.5 Å². The summed E-state index contributed by atoms with van der Waals surface area (Å²) < 4.78 is 35.2. The Hall–Kier alpha value is -3.09. The quantitative estimate of drug-likeness (QED) is 0.281. The first-order valence-corrected chi connectivity index (χ1v) is 12.8. The number of nitrogens with zero attached hydrogens (tertiary/aromatic N) is 5. The van der Waals surface area contributed by atoms with Crippen molar-refractivity contribution in [2.75, 3.05) is 24.7 Å². The van der Waals surface area contributed by atoms with Crippen molar-refractivity contribution >= 4 is 32.9 Å². The molecule has 12 heteroatoms. The van der Waals surface area contributed by atoms with E-state index in [9.17, 15) is 13.2 Å². The van der Waals surface area contributed by atoms with Gasteiger partial charge in [-0.3, -0.25) is 4.57 Å². The van der Waals surface area contributed by atoms with Crippen molar-refractivity contribution in [3.05, 3.63) is 59.1 Å². The van der Waals surface area contributed by atoms with Gasteiger partial charge in [-0.25, -0.2) is 17.9 Å². The zero-order chi connectivity index (χ0) is 23.6. The molecular formula is C21H24N6O4S2. The van der Waals surface area contributed by atoms with Gasteiger partial charge in [0.2, 0.25) is 15.2 Å². The second kappa shape index (κ2) is 9.41. The zero-order valence-corrected chi connectivity index (χ0v) is 19.8. The first kappa shape index (κ1) is 23.1. The maximum atomic E-state index is 12.9. The summed E-state index contributed by atoms with van der Waals surface area (Å²) in [5, 5.41) is 8.73. The van der Waals surface area contributed by atoms with E-state index in [1.54, 1.807) is 48.7 Å². The van der Waals surface area contributed by atoms with Gasteiger partial charge in [0.05, 0.1) is 10.4 Å². The van der Waals surface area contributed by atoms with Crippen LogP contribution in [0.5, 0.6) is 0 Å². The van der Waals surface area contributed by atoms with E-state index in [4.69, 9.17) is 10.3 Å². The van der Waals surface area contributed by atoms with Gasteiger partial charge in [0.25, 0.3) is 0 Å². The number of nitrogens with two attached hydrogens (primary N) is 1. The van der Waals surface area contributed by atoms with E-state index in [0.717, 1.165) is 5.52 Å².